The van der Waals surface area contributed by atoms with E-state index in [4.69, 9.17) is 4.74 Å². The second-order valence-electron chi connectivity index (χ2n) is 7.03. The molecule has 3 rings (SSSR count). The maximum atomic E-state index is 13.4. The van der Waals surface area contributed by atoms with Crippen LogP contribution in [0.1, 0.15) is 5.56 Å². The van der Waals surface area contributed by atoms with Gasteiger partial charge in [0, 0.05) is 4.90 Å². The van der Waals surface area contributed by atoms with Crippen molar-refractivity contribution in [1.82, 2.24) is 5.32 Å². The van der Waals surface area contributed by atoms with Gasteiger partial charge < -0.3 is 10.1 Å². The van der Waals surface area contributed by atoms with Crippen molar-refractivity contribution >= 4 is 33.4 Å². The number of nitrogens with one attached hydrogen (secondary N) is 1. The smallest absolute Gasteiger partial charge is 0.264 e. The average molecular weight is 471 g/mol. The number of amides is 1. The van der Waals surface area contributed by atoms with Crippen molar-refractivity contribution in [2.45, 2.75) is 16.7 Å². The maximum absolute atomic E-state index is 13.4. The van der Waals surface area contributed by atoms with E-state index in [2.05, 4.69) is 5.32 Å². The first-order chi connectivity index (χ1) is 15.4. The van der Waals surface area contributed by atoms with Gasteiger partial charge in [0.05, 0.1) is 17.1 Å². The molecule has 0 saturated heterocycles. The van der Waals surface area contributed by atoms with Crippen molar-refractivity contribution in [3.8, 4) is 5.75 Å². The number of hydrogen-bond acceptors (Lipinski definition) is 5. The van der Waals surface area contributed by atoms with Crippen molar-refractivity contribution in [3.63, 3.8) is 0 Å². The summed E-state index contributed by atoms with van der Waals surface area (Å²) in [6.07, 6.45) is 1.92. The van der Waals surface area contributed by atoms with Crippen molar-refractivity contribution < 1.29 is 17.9 Å². The third-order valence-electron chi connectivity index (χ3n) is 4.69. The topological polar surface area (TPSA) is 75.7 Å². The lowest BCUT2D eigenvalue weighted by Gasteiger charge is -2.24. The Hall–Kier alpha value is -2.97. The number of benzene rings is 3. The summed E-state index contributed by atoms with van der Waals surface area (Å²) in [5.41, 5.74) is 1.43. The number of aryl methyl sites for hydroxylation is 1. The monoisotopic (exact) mass is 470 g/mol. The summed E-state index contributed by atoms with van der Waals surface area (Å²) in [4.78, 5) is 13.7. The van der Waals surface area contributed by atoms with Gasteiger partial charge in [0.15, 0.2) is 0 Å². The molecule has 1 N–H and O–H groups in total. The Morgan fingerprint density at radius 2 is 1.62 bits per heavy atom. The normalized spacial score (nSPS) is 11.1. The molecule has 6 nitrogen and oxygen atoms in total. The van der Waals surface area contributed by atoms with E-state index in [1.165, 1.54) is 11.8 Å². The lowest BCUT2D eigenvalue weighted by molar-refractivity contribution is -0.119. The van der Waals surface area contributed by atoms with Gasteiger partial charge in [0.25, 0.3) is 10.0 Å². The summed E-state index contributed by atoms with van der Waals surface area (Å²) in [5.74, 6) is 0.297. The molecular weight excluding hydrogens is 444 g/mol. The predicted octanol–water partition coefficient (Wildman–Crippen LogP) is 4.11. The number of para-hydroxylation sites is 1. The Kier molecular flexibility index (Phi) is 8.19. The van der Waals surface area contributed by atoms with E-state index in [0.717, 1.165) is 14.8 Å². The van der Waals surface area contributed by atoms with Crippen LogP contribution >= 0.6 is 11.8 Å². The van der Waals surface area contributed by atoms with E-state index in [1.807, 2.05) is 55.6 Å². The van der Waals surface area contributed by atoms with E-state index in [0.29, 0.717) is 11.4 Å². The summed E-state index contributed by atoms with van der Waals surface area (Å²) in [5, 5.41) is 2.73. The Labute approximate surface area is 193 Å². The van der Waals surface area contributed by atoms with Crippen LogP contribution in [0.3, 0.4) is 0 Å². The highest BCUT2D eigenvalue weighted by molar-refractivity contribution is 7.98. The first-order valence-electron chi connectivity index (χ1n) is 10.1. The van der Waals surface area contributed by atoms with Crippen molar-refractivity contribution in [2.24, 2.45) is 0 Å². The van der Waals surface area contributed by atoms with Crippen molar-refractivity contribution in [2.75, 3.05) is 30.3 Å². The molecule has 0 fully saturated rings. The number of thioether (sulfide) groups is 1. The van der Waals surface area contributed by atoms with Gasteiger partial charge in [-0.25, -0.2) is 8.42 Å². The van der Waals surface area contributed by atoms with Crippen molar-refractivity contribution in [1.29, 1.82) is 0 Å². The molecule has 0 atom stereocenters. The van der Waals surface area contributed by atoms with Crippen molar-refractivity contribution in [3.05, 3.63) is 84.4 Å². The quantitative estimate of drug-likeness (QED) is 0.357. The fraction of sp³-hybridized carbons (Fsp3) is 0.208. The van der Waals surface area contributed by atoms with Gasteiger partial charge in [0.1, 0.15) is 18.9 Å². The molecule has 0 aliphatic heterocycles. The van der Waals surface area contributed by atoms with Gasteiger partial charge in [0.2, 0.25) is 5.91 Å². The van der Waals surface area contributed by atoms with Crippen LogP contribution < -0.4 is 14.4 Å². The summed E-state index contributed by atoms with van der Waals surface area (Å²) in [7, 11) is -3.93. The Bertz CT molecular complexity index is 1120. The van der Waals surface area contributed by atoms with Gasteiger partial charge in [-0.05, 0) is 61.7 Å². The first kappa shape index (κ1) is 23.7. The Morgan fingerprint density at radius 3 is 2.25 bits per heavy atom. The molecule has 0 spiro atoms. The highest BCUT2D eigenvalue weighted by atomic mass is 32.2. The van der Waals surface area contributed by atoms with Gasteiger partial charge in [-0.2, -0.15) is 0 Å². The standard InChI is InChI=1S/C24H26N2O4S2/c1-19-8-10-20(11-9-19)26(32(28,29)23-14-12-22(31-2)13-15-23)18-24(27)25-16-17-30-21-6-4-3-5-7-21/h3-15H,16-18H2,1-2H3,(H,25,27). The SMILES string of the molecule is CSc1ccc(S(=O)(=O)N(CC(=O)NCCOc2ccccc2)c2ccc(C)cc2)cc1. The van der Waals surface area contributed by atoms with Crippen LogP contribution in [-0.2, 0) is 14.8 Å². The summed E-state index contributed by atoms with van der Waals surface area (Å²) >= 11 is 1.53. The van der Waals surface area contributed by atoms with Crippen LogP contribution in [0.25, 0.3) is 0 Å². The molecule has 0 aliphatic rings. The van der Waals surface area contributed by atoms with Crippen LogP contribution in [-0.4, -0.2) is 40.3 Å². The molecule has 0 bridgehead atoms. The fourth-order valence-electron chi connectivity index (χ4n) is 2.96. The minimum absolute atomic E-state index is 0.135. The second kappa shape index (κ2) is 11.1. The molecule has 32 heavy (non-hydrogen) atoms. The highest BCUT2D eigenvalue weighted by Crippen LogP contribution is 2.25. The summed E-state index contributed by atoms with van der Waals surface area (Å²) in [6, 6.07) is 23.0. The lowest BCUT2D eigenvalue weighted by atomic mass is 10.2. The maximum Gasteiger partial charge on any atom is 0.264 e. The van der Waals surface area contributed by atoms with Crippen LogP contribution in [0.5, 0.6) is 5.75 Å². The third kappa shape index (κ3) is 6.27. The van der Waals surface area contributed by atoms with Crippen LogP contribution in [0.2, 0.25) is 0 Å². The Morgan fingerprint density at radius 1 is 0.969 bits per heavy atom. The van der Waals surface area contributed by atoms with Crippen LogP contribution in [0.4, 0.5) is 5.69 Å². The second-order valence-corrected chi connectivity index (χ2v) is 9.78. The average Bonchev–Trinajstić information content (AvgIpc) is 2.81. The molecule has 0 aromatic heterocycles. The number of sulfonamides is 1. The molecule has 0 heterocycles. The van der Waals surface area contributed by atoms with E-state index in [1.54, 1.807) is 36.4 Å². The van der Waals surface area contributed by atoms with E-state index in [9.17, 15) is 13.2 Å². The van der Waals surface area contributed by atoms with Gasteiger partial charge in [-0.1, -0.05) is 35.9 Å². The Balaban J connectivity index is 1.72. The molecule has 1 amide bonds. The van der Waals surface area contributed by atoms with Gasteiger partial charge >= 0.3 is 0 Å². The van der Waals surface area contributed by atoms with Gasteiger partial charge in [-0.15, -0.1) is 11.8 Å². The molecular formula is C24H26N2O4S2. The fourth-order valence-corrected chi connectivity index (χ4v) is 4.79. The summed E-state index contributed by atoms with van der Waals surface area (Å²) < 4.78 is 33.5. The molecule has 0 aliphatic carbocycles. The minimum atomic E-state index is -3.93. The summed E-state index contributed by atoms with van der Waals surface area (Å²) in [6.45, 7) is 2.13. The molecule has 168 valence electrons. The molecule has 3 aromatic carbocycles. The number of carbonyl (C=O) groups is 1. The molecule has 0 saturated carbocycles. The van der Waals surface area contributed by atoms with Crippen LogP contribution in [0.15, 0.2) is 88.7 Å². The number of nitrogens with zero attached hydrogens (tertiary/aromatic N) is 1. The molecule has 8 heteroatoms. The largest absolute Gasteiger partial charge is 0.492 e. The molecule has 0 radical (unpaired) electrons. The molecule has 3 aromatic rings. The van der Waals surface area contributed by atoms with E-state index in [-0.39, 0.29) is 24.6 Å². The first-order valence-corrected chi connectivity index (χ1v) is 12.7. The number of hydrogen-bond donors (Lipinski definition) is 1. The zero-order chi connectivity index (χ0) is 23.0. The van der Waals surface area contributed by atoms with Crippen LogP contribution in [0, 0.1) is 6.92 Å². The number of ether oxygens (including phenoxy) is 1. The lowest BCUT2D eigenvalue weighted by Crippen LogP contribution is -2.41. The highest BCUT2D eigenvalue weighted by Gasteiger charge is 2.27. The minimum Gasteiger partial charge on any atom is -0.492 e. The third-order valence-corrected chi connectivity index (χ3v) is 7.22. The van der Waals surface area contributed by atoms with E-state index < -0.39 is 15.9 Å². The number of anilines is 1. The number of rotatable bonds is 10. The van der Waals surface area contributed by atoms with E-state index >= 15 is 0 Å². The zero-order valence-electron chi connectivity index (χ0n) is 18.0. The van der Waals surface area contributed by atoms with Gasteiger partial charge in [-0.3, -0.25) is 9.10 Å². The number of carbonyl (C=O) groups excluding carboxylic acids is 1. The molecule has 0 unspecified atom stereocenters. The zero-order valence-corrected chi connectivity index (χ0v) is 19.7. The predicted molar refractivity (Wildman–Crippen MR) is 129 cm³/mol.